The molecule has 1 aromatic rings. The third kappa shape index (κ3) is 6.39. The average Bonchev–Trinajstić information content (AvgIpc) is 2.33. The van der Waals surface area contributed by atoms with E-state index >= 15 is 0 Å². The first-order valence-corrected chi connectivity index (χ1v) is 6.39. The van der Waals surface area contributed by atoms with E-state index in [4.69, 9.17) is 4.74 Å². The second kappa shape index (κ2) is 8.20. The van der Waals surface area contributed by atoms with Crippen LogP contribution in [0.1, 0.15) is 24.7 Å². The average molecular weight is 236 g/mol. The molecule has 3 heteroatoms. The first kappa shape index (κ1) is 14.1. The van der Waals surface area contributed by atoms with Crippen molar-refractivity contribution < 1.29 is 4.74 Å². The number of rotatable bonds is 8. The highest BCUT2D eigenvalue weighted by Gasteiger charge is 1.99. The van der Waals surface area contributed by atoms with Crippen LogP contribution in [0.3, 0.4) is 0 Å². The highest BCUT2D eigenvalue weighted by Crippen LogP contribution is 2.04. The van der Waals surface area contributed by atoms with Gasteiger partial charge in [-0.1, -0.05) is 6.07 Å². The van der Waals surface area contributed by atoms with Crippen molar-refractivity contribution in [1.82, 2.24) is 9.88 Å². The van der Waals surface area contributed by atoms with E-state index in [-0.39, 0.29) is 0 Å². The minimum Gasteiger partial charge on any atom is -0.382 e. The first-order valence-electron chi connectivity index (χ1n) is 6.39. The number of aromatic nitrogens is 1. The van der Waals surface area contributed by atoms with E-state index in [1.165, 1.54) is 11.4 Å². The zero-order chi connectivity index (χ0) is 12.5. The summed E-state index contributed by atoms with van der Waals surface area (Å²) in [6.07, 6.45) is 3.08. The summed E-state index contributed by atoms with van der Waals surface area (Å²) in [6.45, 7) is 4.71. The third-order valence-corrected chi connectivity index (χ3v) is 2.61. The molecule has 0 radical (unpaired) electrons. The SMILES string of the molecule is CCOCCCc1cccc(CCN(C)C)n1. The van der Waals surface area contributed by atoms with Crippen LogP contribution in [0.4, 0.5) is 0 Å². The Hall–Kier alpha value is -0.930. The highest BCUT2D eigenvalue weighted by atomic mass is 16.5. The van der Waals surface area contributed by atoms with Gasteiger partial charge in [0.2, 0.25) is 0 Å². The summed E-state index contributed by atoms with van der Waals surface area (Å²) in [5.41, 5.74) is 2.37. The summed E-state index contributed by atoms with van der Waals surface area (Å²) < 4.78 is 5.33. The van der Waals surface area contributed by atoms with Gasteiger partial charge in [-0.2, -0.15) is 0 Å². The number of aryl methyl sites for hydroxylation is 1. The molecule has 17 heavy (non-hydrogen) atoms. The molecule has 0 unspecified atom stereocenters. The van der Waals surface area contributed by atoms with Gasteiger partial charge in [-0.25, -0.2) is 0 Å². The van der Waals surface area contributed by atoms with Crippen LogP contribution in [0, 0.1) is 0 Å². The van der Waals surface area contributed by atoms with E-state index in [1.54, 1.807) is 0 Å². The molecule has 0 saturated carbocycles. The fourth-order valence-corrected chi connectivity index (χ4v) is 1.65. The fourth-order valence-electron chi connectivity index (χ4n) is 1.65. The van der Waals surface area contributed by atoms with Crippen molar-refractivity contribution in [2.24, 2.45) is 0 Å². The monoisotopic (exact) mass is 236 g/mol. The van der Waals surface area contributed by atoms with Crippen LogP contribution < -0.4 is 0 Å². The van der Waals surface area contributed by atoms with Crippen molar-refractivity contribution in [3.8, 4) is 0 Å². The van der Waals surface area contributed by atoms with Gasteiger partial charge in [0.1, 0.15) is 0 Å². The van der Waals surface area contributed by atoms with Gasteiger partial charge in [0.15, 0.2) is 0 Å². The number of hydrogen-bond donors (Lipinski definition) is 0. The topological polar surface area (TPSA) is 25.4 Å². The lowest BCUT2D eigenvalue weighted by Gasteiger charge is -2.09. The summed E-state index contributed by atoms with van der Waals surface area (Å²) in [4.78, 5) is 6.84. The molecular formula is C14H24N2O. The van der Waals surface area contributed by atoms with Gasteiger partial charge in [0.25, 0.3) is 0 Å². The molecule has 0 aliphatic heterocycles. The van der Waals surface area contributed by atoms with Crippen LogP contribution in [0.15, 0.2) is 18.2 Å². The van der Waals surface area contributed by atoms with Crippen molar-refractivity contribution >= 4 is 0 Å². The van der Waals surface area contributed by atoms with Crippen LogP contribution in [0.25, 0.3) is 0 Å². The van der Waals surface area contributed by atoms with E-state index in [0.717, 1.165) is 39.0 Å². The molecular weight excluding hydrogens is 212 g/mol. The minimum absolute atomic E-state index is 0.802. The fraction of sp³-hybridized carbons (Fsp3) is 0.643. The Labute approximate surface area is 105 Å². The van der Waals surface area contributed by atoms with E-state index in [1.807, 2.05) is 6.92 Å². The standard InChI is InChI=1S/C14H24N2O/c1-4-17-12-6-9-13-7-5-8-14(15-13)10-11-16(2)3/h5,7-8H,4,6,9-12H2,1-3H3. The lowest BCUT2D eigenvalue weighted by Crippen LogP contribution is -2.15. The molecule has 0 fully saturated rings. The second-order valence-electron chi connectivity index (χ2n) is 4.47. The molecule has 0 atom stereocenters. The van der Waals surface area contributed by atoms with Gasteiger partial charge >= 0.3 is 0 Å². The molecule has 3 nitrogen and oxygen atoms in total. The van der Waals surface area contributed by atoms with Crippen LogP contribution in [0.5, 0.6) is 0 Å². The molecule has 1 aromatic heterocycles. The summed E-state index contributed by atoms with van der Waals surface area (Å²) in [5.74, 6) is 0. The number of pyridine rings is 1. The molecule has 0 aliphatic carbocycles. The highest BCUT2D eigenvalue weighted by molar-refractivity contribution is 5.11. The molecule has 1 rings (SSSR count). The van der Waals surface area contributed by atoms with Gasteiger partial charge in [-0.05, 0) is 46.0 Å². The van der Waals surface area contributed by atoms with Crippen LogP contribution >= 0.6 is 0 Å². The zero-order valence-electron chi connectivity index (χ0n) is 11.3. The lowest BCUT2D eigenvalue weighted by atomic mass is 10.2. The minimum atomic E-state index is 0.802. The molecule has 1 heterocycles. The maximum Gasteiger partial charge on any atom is 0.0469 e. The predicted molar refractivity (Wildman–Crippen MR) is 71.3 cm³/mol. The number of ether oxygens (including phenoxy) is 1. The normalized spacial score (nSPS) is 11.1. The maximum atomic E-state index is 5.33. The van der Waals surface area contributed by atoms with Gasteiger partial charge in [-0.3, -0.25) is 4.98 Å². The van der Waals surface area contributed by atoms with Gasteiger partial charge in [0.05, 0.1) is 0 Å². The Morgan fingerprint density at radius 3 is 2.53 bits per heavy atom. The summed E-state index contributed by atoms with van der Waals surface area (Å²) in [5, 5.41) is 0. The molecule has 0 amide bonds. The maximum absolute atomic E-state index is 5.33. The number of likely N-dealkylation sites (N-methyl/N-ethyl adjacent to an activating group) is 1. The molecule has 0 N–H and O–H groups in total. The van der Waals surface area contributed by atoms with Crippen molar-refractivity contribution in [2.75, 3.05) is 33.9 Å². The number of nitrogens with zero attached hydrogens (tertiary/aromatic N) is 2. The Kier molecular flexibility index (Phi) is 6.82. The molecule has 0 aromatic carbocycles. The van der Waals surface area contributed by atoms with Gasteiger partial charge in [0, 0.05) is 37.6 Å². The Morgan fingerprint density at radius 1 is 1.18 bits per heavy atom. The molecule has 0 saturated heterocycles. The largest absolute Gasteiger partial charge is 0.382 e. The quantitative estimate of drug-likeness (QED) is 0.647. The third-order valence-electron chi connectivity index (χ3n) is 2.61. The van der Waals surface area contributed by atoms with Crippen LogP contribution in [-0.2, 0) is 17.6 Å². The molecule has 0 aliphatic rings. The van der Waals surface area contributed by atoms with E-state index in [2.05, 4.69) is 42.2 Å². The molecule has 96 valence electrons. The molecule has 0 bridgehead atoms. The van der Waals surface area contributed by atoms with Crippen molar-refractivity contribution in [1.29, 1.82) is 0 Å². The van der Waals surface area contributed by atoms with E-state index in [9.17, 15) is 0 Å². The van der Waals surface area contributed by atoms with Gasteiger partial charge in [-0.15, -0.1) is 0 Å². The van der Waals surface area contributed by atoms with Crippen molar-refractivity contribution in [3.05, 3.63) is 29.6 Å². The van der Waals surface area contributed by atoms with Crippen LogP contribution in [-0.4, -0.2) is 43.7 Å². The van der Waals surface area contributed by atoms with Crippen molar-refractivity contribution in [2.45, 2.75) is 26.2 Å². The summed E-state index contributed by atoms with van der Waals surface area (Å²) in [7, 11) is 4.18. The summed E-state index contributed by atoms with van der Waals surface area (Å²) >= 11 is 0. The Morgan fingerprint density at radius 2 is 1.88 bits per heavy atom. The van der Waals surface area contributed by atoms with E-state index < -0.39 is 0 Å². The predicted octanol–water partition coefficient (Wildman–Crippen LogP) is 2.15. The van der Waals surface area contributed by atoms with E-state index in [0.29, 0.717) is 0 Å². The second-order valence-corrected chi connectivity index (χ2v) is 4.47. The van der Waals surface area contributed by atoms with Crippen LogP contribution in [0.2, 0.25) is 0 Å². The van der Waals surface area contributed by atoms with Crippen molar-refractivity contribution in [3.63, 3.8) is 0 Å². The zero-order valence-corrected chi connectivity index (χ0v) is 11.3. The van der Waals surface area contributed by atoms with Gasteiger partial charge < -0.3 is 9.64 Å². The summed E-state index contributed by atoms with van der Waals surface area (Å²) in [6, 6.07) is 6.31. The lowest BCUT2D eigenvalue weighted by molar-refractivity contribution is 0.145. The smallest absolute Gasteiger partial charge is 0.0469 e. The number of hydrogen-bond acceptors (Lipinski definition) is 3. The first-order chi connectivity index (χ1) is 8.22. The Bertz CT molecular complexity index is 313. The molecule has 0 spiro atoms. The Balaban J connectivity index is 2.37.